The Labute approximate surface area is 155 Å². The van der Waals surface area contributed by atoms with Crippen molar-refractivity contribution in [2.24, 2.45) is 0 Å². The maximum atomic E-state index is 12.5. The van der Waals surface area contributed by atoms with E-state index in [1.807, 2.05) is 72.3 Å². The molecule has 0 unspecified atom stereocenters. The number of fused-ring (bicyclic) bond motifs is 1. The van der Waals surface area contributed by atoms with E-state index in [1.165, 1.54) is 11.3 Å². The number of benzene rings is 1. The molecule has 6 heteroatoms. The lowest BCUT2D eigenvalue weighted by Crippen LogP contribution is -2.16. The van der Waals surface area contributed by atoms with Crippen LogP contribution >= 0.6 is 11.3 Å². The number of aryl methyl sites for hydroxylation is 2. The standard InChI is InChI=1S/C20H18N4OS/c1-13-7-6-10-24-17(14(2)21-19(13)24)11-18(25)23-20-22-16(12-26-20)15-8-4-3-5-9-15/h3-10,12H,11H2,1-2H3,(H,22,23,25). The normalized spacial score (nSPS) is 11.0. The molecule has 1 aromatic carbocycles. The monoisotopic (exact) mass is 362 g/mol. The molecule has 5 nitrogen and oxygen atoms in total. The van der Waals surface area contributed by atoms with Gasteiger partial charge in [0.25, 0.3) is 0 Å². The molecule has 1 N–H and O–H groups in total. The van der Waals surface area contributed by atoms with Crippen LogP contribution in [0.5, 0.6) is 0 Å². The summed E-state index contributed by atoms with van der Waals surface area (Å²) in [7, 11) is 0. The number of thiazole rings is 1. The van der Waals surface area contributed by atoms with Gasteiger partial charge in [-0.15, -0.1) is 11.3 Å². The lowest BCUT2D eigenvalue weighted by atomic mass is 10.2. The number of pyridine rings is 1. The molecule has 26 heavy (non-hydrogen) atoms. The van der Waals surface area contributed by atoms with Gasteiger partial charge in [-0.05, 0) is 25.5 Å². The van der Waals surface area contributed by atoms with Crippen molar-refractivity contribution >= 4 is 28.0 Å². The molecule has 0 saturated carbocycles. The largest absolute Gasteiger partial charge is 0.303 e. The molecule has 0 aliphatic rings. The number of amides is 1. The third-order valence-corrected chi connectivity index (χ3v) is 5.05. The predicted octanol–water partition coefficient (Wildman–Crippen LogP) is 4.26. The van der Waals surface area contributed by atoms with E-state index in [9.17, 15) is 4.79 Å². The summed E-state index contributed by atoms with van der Waals surface area (Å²) in [6.07, 6.45) is 2.21. The molecule has 130 valence electrons. The van der Waals surface area contributed by atoms with Gasteiger partial charge >= 0.3 is 0 Å². The Morgan fingerprint density at radius 1 is 1.12 bits per heavy atom. The van der Waals surface area contributed by atoms with Crippen molar-refractivity contribution < 1.29 is 4.79 Å². The van der Waals surface area contributed by atoms with Crippen molar-refractivity contribution in [1.29, 1.82) is 0 Å². The number of anilines is 1. The number of rotatable bonds is 4. The third-order valence-electron chi connectivity index (χ3n) is 4.29. The number of aromatic nitrogens is 3. The van der Waals surface area contributed by atoms with Gasteiger partial charge in [0.05, 0.1) is 23.5 Å². The molecule has 1 amide bonds. The highest BCUT2D eigenvalue weighted by atomic mass is 32.1. The van der Waals surface area contributed by atoms with E-state index in [2.05, 4.69) is 15.3 Å². The number of nitrogens with zero attached hydrogens (tertiary/aromatic N) is 3. The molecule has 4 aromatic rings. The zero-order valence-corrected chi connectivity index (χ0v) is 15.4. The molecule has 0 saturated heterocycles. The molecule has 0 bridgehead atoms. The SMILES string of the molecule is Cc1nc2c(C)cccn2c1CC(=O)Nc1nc(-c2ccccc2)cs1. The van der Waals surface area contributed by atoms with E-state index in [0.717, 1.165) is 33.9 Å². The van der Waals surface area contributed by atoms with E-state index < -0.39 is 0 Å². The molecule has 0 aliphatic heterocycles. The molecule has 0 spiro atoms. The van der Waals surface area contributed by atoms with Crippen LogP contribution in [0.15, 0.2) is 54.0 Å². The smallest absolute Gasteiger partial charge is 0.232 e. The van der Waals surface area contributed by atoms with Crippen molar-refractivity contribution in [3.05, 3.63) is 71.0 Å². The Balaban J connectivity index is 1.53. The van der Waals surface area contributed by atoms with E-state index in [0.29, 0.717) is 5.13 Å². The van der Waals surface area contributed by atoms with Gasteiger partial charge in [0.2, 0.25) is 5.91 Å². The molecule has 0 aliphatic carbocycles. The van der Waals surface area contributed by atoms with Crippen LogP contribution in [0.3, 0.4) is 0 Å². The summed E-state index contributed by atoms with van der Waals surface area (Å²) >= 11 is 1.43. The molecule has 0 atom stereocenters. The second kappa shape index (κ2) is 6.72. The van der Waals surface area contributed by atoms with Gasteiger partial charge in [-0.2, -0.15) is 0 Å². The van der Waals surface area contributed by atoms with Crippen molar-refractivity contribution in [3.8, 4) is 11.3 Å². The van der Waals surface area contributed by atoms with Crippen LogP contribution in [0.2, 0.25) is 0 Å². The topological polar surface area (TPSA) is 59.3 Å². The van der Waals surface area contributed by atoms with Crippen LogP contribution < -0.4 is 5.32 Å². The summed E-state index contributed by atoms with van der Waals surface area (Å²) in [6, 6.07) is 13.9. The number of hydrogen-bond acceptors (Lipinski definition) is 4. The molecular formula is C20H18N4OS. The average Bonchev–Trinajstić information content (AvgIpc) is 3.22. The maximum absolute atomic E-state index is 12.5. The lowest BCUT2D eigenvalue weighted by Gasteiger charge is -2.04. The summed E-state index contributed by atoms with van der Waals surface area (Å²) in [4.78, 5) is 21.6. The highest BCUT2D eigenvalue weighted by molar-refractivity contribution is 7.14. The van der Waals surface area contributed by atoms with E-state index >= 15 is 0 Å². The molecule has 0 fully saturated rings. The van der Waals surface area contributed by atoms with Crippen molar-refractivity contribution in [3.63, 3.8) is 0 Å². The van der Waals surface area contributed by atoms with Crippen LogP contribution in [0.4, 0.5) is 5.13 Å². The Morgan fingerprint density at radius 2 is 1.92 bits per heavy atom. The summed E-state index contributed by atoms with van der Waals surface area (Å²) in [6.45, 7) is 3.96. The fraction of sp³-hybridized carbons (Fsp3) is 0.150. The first-order valence-electron chi connectivity index (χ1n) is 8.36. The number of imidazole rings is 1. The number of carbonyl (C=O) groups excluding carboxylic acids is 1. The lowest BCUT2D eigenvalue weighted by molar-refractivity contribution is -0.115. The minimum Gasteiger partial charge on any atom is -0.303 e. The first-order valence-corrected chi connectivity index (χ1v) is 9.24. The molecule has 4 rings (SSSR count). The predicted molar refractivity (Wildman–Crippen MR) is 105 cm³/mol. The second-order valence-corrected chi connectivity index (χ2v) is 7.02. The van der Waals surface area contributed by atoms with Gasteiger partial charge in [-0.1, -0.05) is 36.4 Å². The van der Waals surface area contributed by atoms with Crippen LogP contribution in [0.25, 0.3) is 16.9 Å². The Hall–Kier alpha value is -2.99. The van der Waals surface area contributed by atoms with Gasteiger partial charge in [-0.25, -0.2) is 9.97 Å². The highest BCUT2D eigenvalue weighted by Crippen LogP contribution is 2.25. The van der Waals surface area contributed by atoms with Gasteiger partial charge < -0.3 is 9.72 Å². The Kier molecular flexibility index (Phi) is 4.26. The van der Waals surface area contributed by atoms with Crippen LogP contribution in [0.1, 0.15) is 17.0 Å². The Morgan fingerprint density at radius 3 is 2.73 bits per heavy atom. The maximum Gasteiger partial charge on any atom is 0.232 e. The fourth-order valence-electron chi connectivity index (χ4n) is 2.97. The minimum atomic E-state index is -0.0923. The molecule has 3 heterocycles. The summed E-state index contributed by atoms with van der Waals surface area (Å²) in [5.74, 6) is -0.0923. The average molecular weight is 362 g/mol. The highest BCUT2D eigenvalue weighted by Gasteiger charge is 2.15. The minimum absolute atomic E-state index is 0.0923. The first-order chi connectivity index (χ1) is 12.6. The zero-order valence-electron chi connectivity index (χ0n) is 14.6. The third kappa shape index (κ3) is 3.11. The molecule has 0 radical (unpaired) electrons. The number of carbonyl (C=O) groups is 1. The summed E-state index contributed by atoms with van der Waals surface area (Å²) in [5.41, 5.74) is 5.67. The van der Waals surface area contributed by atoms with Crippen LogP contribution in [-0.4, -0.2) is 20.3 Å². The van der Waals surface area contributed by atoms with Gasteiger partial charge in [0.1, 0.15) is 5.65 Å². The van der Waals surface area contributed by atoms with E-state index in [1.54, 1.807) is 0 Å². The van der Waals surface area contributed by atoms with E-state index in [-0.39, 0.29) is 12.3 Å². The zero-order chi connectivity index (χ0) is 18.1. The molecule has 3 aromatic heterocycles. The van der Waals surface area contributed by atoms with E-state index in [4.69, 9.17) is 0 Å². The van der Waals surface area contributed by atoms with Gasteiger partial charge in [0.15, 0.2) is 5.13 Å². The first kappa shape index (κ1) is 16.5. The van der Waals surface area contributed by atoms with Crippen LogP contribution in [-0.2, 0) is 11.2 Å². The summed E-state index contributed by atoms with van der Waals surface area (Å²) < 4.78 is 1.99. The van der Waals surface area contributed by atoms with Crippen molar-refractivity contribution in [2.45, 2.75) is 20.3 Å². The number of hydrogen-bond donors (Lipinski definition) is 1. The summed E-state index contributed by atoms with van der Waals surface area (Å²) in [5, 5.41) is 5.46. The van der Waals surface area contributed by atoms with Gasteiger partial charge in [0, 0.05) is 17.1 Å². The Bertz CT molecular complexity index is 1080. The van der Waals surface area contributed by atoms with Crippen LogP contribution in [0, 0.1) is 13.8 Å². The fourth-order valence-corrected chi connectivity index (χ4v) is 3.70. The number of nitrogens with one attached hydrogen (secondary N) is 1. The van der Waals surface area contributed by atoms with Crippen molar-refractivity contribution in [1.82, 2.24) is 14.4 Å². The second-order valence-electron chi connectivity index (χ2n) is 6.16. The van der Waals surface area contributed by atoms with Gasteiger partial charge in [-0.3, -0.25) is 4.79 Å². The van der Waals surface area contributed by atoms with Crippen molar-refractivity contribution in [2.75, 3.05) is 5.32 Å². The quantitative estimate of drug-likeness (QED) is 0.590. The molecular weight excluding hydrogens is 344 g/mol.